The van der Waals surface area contributed by atoms with E-state index >= 15 is 0 Å². The lowest BCUT2D eigenvalue weighted by molar-refractivity contribution is 0.201. The number of rotatable bonds is 4. The molecule has 1 fully saturated rings. The summed E-state index contributed by atoms with van der Waals surface area (Å²) >= 11 is 1.36. The Balaban J connectivity index is 1.56. The lowest BCUT2D eigenvalue weighted by Crippen LogP contribution is -2.41. The first-order valence-electron chi connectivity index (χ1n) is 9.05. The van der Waals surface area contributed by atoms with Gasteiger partial charge < -0.3 is 15.1 Å². The van der Waals surface area contributed by atoms with E-state index < -0.39 is 0 Å². The summed E-state index contributed by atoms with van der Waals surface area (Å²) in [5, 5.41) is 7.20. The topological polar surface area (TPSA) is 74.2 Å². The van der Waals surface area contributed by atoms with Crippen LogP contribution >= 0.6 is 11.5 Å². The van der Waals surface area contributed by atoms with Gasteiger partial charge >= 0.3 is 6.03 Å². The Morgan fingerprint density at radius 1 is 1.31 bits per heavy atom. The fourth-order valence-corrected chi connectivity index (χ4v) is 3.96. The molecule has 7 nitrogen and oxygen atoms in total. The highest BCUT2D eigenvalue weighted by Crippen LogP contribution is 2.21. The number of nitrogens with zero attached hydrogens (tertiary/aromatic N) is 5. The normalized spacial score (nSPS) is 15.2. The van der Waals surface area contributed by atoms with Crippen molar-refractivity contribution < 1.29 is 4.79 Å². The SMILES string of the molecule is Cc1cnccc1N1CCCN(C(=O)NCc2snnc2C(C)C)CC1. The van der Waals surface area contributed by atoms with Crippen LogP contribution in [0.3, 0.4) is 0 Å². The number of hydrogen-bond acceptors (Lipinski definition) is 6. The van der Waals surface area contributed by atoms with Crippen LogP contribution in [0.15, 0.2) is 18.5 Å². The maximum Gasteiger partial charge on any atom is 0.317 e. The quantitative estimate of drug-likeness (QED) is 0.891. The van der Waals surface area contributed by atoms with Gasteiger partial charge in [0.15, 0.2) is 0 Å². The van der Waals surface area contributed by atoms with E-state index in [1.165, 1.54) is 22.8 Å². The molecule has 2 aromatic rings. The maximum atomic E-state index is 12.6. The van der Waals surface area contributed by atoms with Crippen LogP contribution in [-0.4, -0.2) is 51.7 Å². The third-order valence-electron chi connectivity index (χ3n) is 4.65. The van der Waals surface area contributed by atoms with Gasteiger partial charge in [0.2, 0.25) is 0 Å². The number of aromatic nitrogens is 3. The Kier molecular flexibility index (Phi) is 6.03. The molecule has 8 heteroatoms. The van der Waals surface area contributed by atoms with Crippen LogP contribution in [0.5, 0.6) is 0 Å². The predicted molar refractivity (Wildman–Crippen MR) is 104 cm³/mol. The number of hydrogen-bond donors (Lipinski definition) is 1. The van der Waals surface area contributed by atoms with E-state index in [9.17, 15) is 4.79 Å². The van der Waals surface area contributed by atoms with E-state index in [1.807, 2.05) is 17.3 Å². The van der Waals surface area contributed by atoms with Gasteiger partial charge in [0, 0.05) is 44.3 Å². The summed E-state index contributed by atoms with van der Waals surface area (Å²) < 4.78 is 4.02. The van der Waals surface area contributed by atoms with Crippen molar-refractivity contribution in [1.82, 2.24) is 24.8 Å². The molecule has 2 amide bonds. The predicted octanol–water partition coefficient (Wildman–Crippen LogP) is 2.79. The molecule has 1 N–H and O–H groups in total. The molecule has 0 radical (unpaired) electrons. The van der Waals surface area contributed by atoms with Gasteiger partial charge in [-0.2, -0.15) is 0 Å². The average molecular weight is 375 g/mol. The van der Waals surface area contributed by atoms with E-state index in [2.05, 4.69) is 51.6 Å². The zero-order valence-electron chi connectivity index (χ0n) is 15.6. The summed E-state index contributed by atoms with van der Waals surface area (Å²) in [4.78, 5) is 22.0. The molecule has 2 aromatic heterocycles. The molecule has 3 heterocycles. The largest absolute Gasteiger partial charge is 0.369 e. The fraction of sp³-hybridized carbons (Fsp3) is 0.556. The molecular formula is C18H26N6OS. The molecule has 0 atom stereocenters. The molecule has 0 saturated carbocycles. The summed E-state index contributed by atoms with van der Waals surface area (Å²) in [7, 11) is 0. The minimum atomic E-state index is -0.0126. The van der Waals surface area contributed by atoms with E-state index in [4.69, 9.17) is 0 Å². The maximum absolute atomic E-state index is 12.6. The number of pyridine rings is 1. The first-order chi connectivity index (χ1) is 12.6. The van der Waals surface area contributed by atoms with Crippen molar-refractivity contribution in [3.63, 3.8) is 0 Å². The molecule has 1 saturated heterocycles. The lowest BCUT2D eigenvalue weighted by atomic mass is 10.1. The Hall–Kier alpha value is -2.22. The minimum absolute atomic E-state index is 0.0126. The second kappa shape index (κ2) is 8.44. The van der Waals surface area contributed by atoms with Crippen molar-refractivity contribution in [2.45, 2.75) is 39.7 Å². The molecule has 0 bridgehead atoms. The Morgan fingerprint density at radius 2 is 2.15 bits per heavy atom. The number of urea groups is 1. The summed E-state index contributed by atoms with van der Waals surface area (Å²) in [5.41, 5.74) is 3.36. The summed E-state index contributed by atoms with van der Waals surface area (Å²) in [6, 6.07) is 2.04. The van der Waals surface area contributed by atoms with Gasteiger partial charge in [-0.1, -0.05) is 18.3 Å². The number of carbonyl (C=O) groups excluding carboxylic acids is 1. The van der Waals surface area contributed by atoms with Gasteiger partial charge in [-0.3, -0.25) is 4.98 Å². The van der Waals surface area contributed by atoms with Crippen LogP contribution in [-0.2, 0) is 6.54 Å². The molecular weight excluding hydrogens is 348 g/mol. The van der Waals surface area contributed by atoms with Crippen LogP contribution in [0.25, 0.3) is 0 Å². The van der Waals surface area contributed by atoms with Gasteiger partial charge in [-0.05, 0) is 42.4 Å². The van der Waals surface area contributed by atoms with Gasteiger partial charge in [0.05, 0.1) is 17.1 Å². The average Bonchev–Trinajstić information content (AvgIpc) is 2.97. The molecule has 140 valence electrons. The molecule has 0 unspecified atom stereocenters. The zero-order chi connectivity index (χ0) is 18.5. The van der Waals surface area contributed by atoms with Crippen LogP contribution in [0.4, 0.5) is 10.5 Å². The molecule has 1 aliphatic heterocycles. The summed E-state index contributed by atoms with van der Waals surface area (Å²) in [6.07, 6.45) is 4.67. The third kappa shape index (κ3) is 4.30. The van der Waals surface area contributed by atoms with Gasteiger partial charge in [-0.15, -0.1) is 5.10 Å². The third-order valence-corrected chi connectivity index (χ3v) is 5.38. The summed E-state index contributed by atoms with van der Waals surface area (Å²) in [5.74, 6) is 0.316. The van der Waals surface area contributed by atoms with E-state index in [0.717, 1.165) is 36.6 Å². The van der Waals surface area contributed by atoms with Crippen LogP contribution < -0.4 is 10.2 Å². The van der Waals surface area contributed by atoms with Gasteiger partial charge in [-0.25, -0.2) is 4.79 Å². The van der Waals surface area contributed by atoms with E-state index in [1.54, 1.807) is 0 Å². The molecule has 0 aromatic carbocycles. The molecule has 1 aliphatic rings. The fourth-order valence-electron chi connectivity index (χ4n) is 3.23. The first kappa shape index (κ1) is 18.6. The highest BCUT2D eigenvalue weighted by Gasteiger charge is 2.21. The lowest BCUT2D eigenvalue weighted by Gasteiger charge is -2.25. The van der Waals surface area contributed by atoms with Crippen molar-refractivity contribution >= 4 is 23.3 Å². The van der Waals surface area contributed by atoms with Crippen LogP contribution in [0.1, 0.15) is 42.3 Å². The molecule has 0 spiro atoms. The molecule has 0 aliphatic carbocycles. The number of anilines is 1. The Morgan fingerprint density at radius 3 is 2.92 bits per heavy atom. The van der Waals surface area contributed by atoms with Crippen molar-refractivity contribution in [1.29, 1.82) is 0 Å². The second-order valence-corrected chi connectivity index (χ2v) is 7.72. The Labute approximate surface area is 158 Å². The van der Waals surface area contributed by atoms with Crippen molar-refractivity contribution in [3.05, 3.63) is 34.6 Å². The second-order valence-electron chi connectivity index (χ2n) is 6.88. The highest BCUT2D eigenvalue weighted by molar-refractivity contribution is 7.05. The van der Waals surface area contributed by atoms with Crippen LogP contribution in [0, 0.1) is 6.92 Å². The van der Waals surface area contributed by atoms with Crippen molar-refractivity contribution in [2.75, 3.05) is 31.1 Å². The monoisotopic (exact) mass is 374 g/mol. The smallest absolute Gasteiger partial charge is 0.317 e. The molecule has 26 heavy (non-hydrogen) atoms. The Bertz CT molecular complexity index is 747. The highest BCUT2D eigenvalue weighted by atomic mass is 32.1. The first-order valence-corrected chi connectivity index (χ1v) is 9.83. The van der Waals surface area contributed by atoms with E-state index in [0.29, 0.717) is 19.0 Å². The molecule has 3 rings (SSSR count). The van der Waals surface area contributed by atoms with Crippen molar-refractivity contribution in [3.8, 4) is 0 Å². The van der Waals surface area contributed by atoms with Gasteiger partial charge in [0.1, 0.15) is 0 Å². The van der Waals surface area contributed by atoms with Crippen LogP contribution in [0.2, 0.25) is 0 Å². The number of carbonyl (C=O) groups is 1. The minimum Gasteiger partial charge on any atom is -0.369 e. The number of aryl methyl sites for hydroxylation is 1. The van der Waals surface area contributed by atoms with Crippen molar-refractivity contribution in [2.24, 2.45) is 0 Å². The zero-order valence-corrected chi connectivity index (χ0v) is 16.4. The standard InChI is InChI=1S/C18H26N6OS/c1-13(2)17-16(26-22-21-17)12-20-18(25)24-8-4-7-23(9-10-24)15-5-6-19-11-14(15)3/h5-6,11,13H,4,7-10,12H2,1-3H3,(H,20,25). The summed E-state index contributed by atoms with van der Waals surface area (Å²) in [6.45, 7) is 10.0. The van der Waals surface area contributed by atoms with E-state index in [-0.39, 0.29) is 6.03 Å². The number of nitrogens with one attached hydrogen (secondary N) is 1. The van der Waals surface area contributed by atoms with Gasteiger partial charge in [0.25, 0.3) is 0 Å². The number of amides is 2.